The Balaban J connectivity index is 2.10. The van der Waals surface area contributed by atoms with Crippen LogP contribution in [-0.4, -0.2) is 13.2 Å². The van der Waals surface area contributed by atoms with E-state index in [1.165, 1.54) is 18.4 Å². The van der Waals surface area contributed by atoms with E-state index in [9.17, 15) is 0 Å². The van der Waals surface area contributed by atoms with E-state index in [0.717, 1.165) is 30.7 Å². The lowest BCUT2D eigenvalue weighted by Crippen LogP contribution is -2.48. The van der Waals surface area contributed by atoms with Gasteiger partial charge in [-0.15, -0.1) is 0 Å². The summed E-state index contributed by atoms with van der Waals surface area (Å²) in [6.45, 7) is 8.10. The zero-order valence-electron chi connectivity index (χ0n) is 11.8. The average Bonchev–Trinajstić information content (AvgIpc) is 2.30. The fraction of sp³-hybridized carbons (Fsp3) is 0.625. The Bertz CT molecular complexity index is 377. The van der Waals surface area contributed by atoms with Crippen LogP contribution in [0.4, 0.5) is 0 Å². The third-order valence-corrected chi connectivity index (χ3v) is 4.42. The highest BCUT2D eigenvalue weighted by atomic mass is 16.5. The second kappa shape index (κ2) is 5.31. The van der Waals surface area contributed by atoms with Gasteiger partial charge in [-0.2, -0.15) is 0 Å². The fourth-order valence-electron chi connectivity index (χ4n) is 3.01. The molecule has 0 aliphatic heterocycles. The van der Waals surface area contributed by atoms with E-state index < -0.39 is 0 Å². The Morgan fingerprint density at radius 1 is 1.28 bits per heavy atom. The molecule has 18 heavy (non-hydrogen) atoms. The summed E-state index contributed by atoms with van der Waals surface area (Å²) in [5, 5.41) is 0. The van der Waals surface area contributed by atoms with Gasteiger partial charge in [-0.05, 0) is 49.3 Å². The van der Waals surface area contributed by atoms with E-state index in [0.29, 0.717) is 0 Å². The number of nitrogens with two attached hydrogens (primary N) is 1. The first-order valence-electron chi connectivity index (χ1n) is 7.04. The van der Waals surface area contributed by atoms with Crippen LogP contribution in [-0.2, 0) is 5.41 Å². The maximum Gasteiger partial charge on any atom is 0.119 e. The highest BCUT2D eigenvalue weighted by Crippen LogP contribution is 2.50. The van der Waals surface area contributed by atoms with E-state index in [4.69, 9.17) is 10.5 Å². The molecule has 1 aromatic carbocycles. The molecule has 1 saturated carbocycles. The van der Waals surface area contributed by atoms with Gasteiger partial charge < -0.3 is 10.5 Å². The summed E-state index contributed by atoms with van der Waals surface area (Å²) in [6, 6.07) is 8.51. The minimum absolute atomic E-state index is 0.222. The maximum atomic E-state index is 6.03. The lowest BCUT2D eigenvalue weighted by molar-refractivity contribution is 0.106. The van der Waals surface area contributed by atoms with Gasteiger partial charge >= 0.3 is 0 Å². The van der Waals surface area contributed by atoms with Gasteiger partial charge in [0, 0.05) is 12.0 Å². The molecule has 0 amide bonds. The molecule has 1 aromatic rings. The second-order valence-electron chi connectivity index (χ2n) is 5.85. The smallest absolute Gasteiger partial charge is 0.119 e. The minimum Gasteiger partial charge on any atom is -0.494 e. The molecule has 0 atom stereocenters. The topological polar surface area (TPSA) is 35.2 Å². The zero-order valence-corrected chi connectivity index (χ0v) is 11.8. The van der Waals surface area contributed by atoms with Crippen molar-refractivity contribution in [1.82, 2.24) is 0 Å². The molecule has 0 heterocycles. The molecule has 1 fully saturated rings. The molecule has 0 spiro atoms. The molecule has 2 rings (SSSR count). The molecule has 0 aromatic heterocycles. The van der Waals surface area contributed by atoms with Crippen molar-refractivity contribution in [3.05, 3.63) is 29.8 Å². The Kier molecular flexibility index (Phi) is 3.96. The average molecular weight is 247 g/mol. The van der Waals surface area contributed by atoms with Crippen LogP contribution in [0.3, 0.4) is 0 Å². The predicted molar refractivity (Wildman–Crippen MR) is 75.9 cm³/mol. The quantitative estimate of drug-likeness (QED) is 0.866. The summed E-state index contributed by atoms with van der Waals surface area (Å²) in [5.41, 5.74) is 7.63. The second-order valence-corrected chi connectivity index (χ2v) is 5.85. The first-order valence-corrected chi connectivity index (χ1v) is 7.04. The molecule has 2 N–H and O–H groups in total. The van der Waals surface area contributed by atoms with E-state index in [-0.39, 0.29) is 5.41 Å². The molecule has 0 unspecified atom stereocenters. The van der Waals surface area contributed by atoms with Crippen LogP contribution in [0, 0.1) is 11.8 Å². The van der Waals surface area contributed by atoms with Crippen molar-refractivity contribution in [2.45, 2.75) is 39.0 Å². The highest BCUT2D eigenvalue weighted by molar-refractivity contribution is 5.35. The Morgan fingerprint density at radius 3 is 2.33 bits per heavy atom. The van der Waals surface area contributed by atoms with Gasteiger partial charge in [0.15, 0.2) is 0 Å². The van der Waals surface area contributed by atoms with Crippen LogP contribution in [0.5, 0.6) is 5.75 Å². The zero-order chi connectivity index (χ0) is 13.2. The van der Waals surface area contributed by atoms with Crippen LogP contribution in [0.25, 0.3) is 0 Å². The molecular formula is C16H25NO. The highest BCUT2D eigenvalue weighted by Gasteiger charge is 2.45. The maximum absolute atomic E-state index is 6.03. The third-order valence-electron chi connectivity index (χ3n) is 4.42. The van der Waals surface area contributed by atoms with E-state index >= 15 is 0 Å². The van der Waals surface area contributed by atoms with Crippen molar-refractivity contribution < 1.29 is 4.74 Å². The summed E-state index contributed by atoms with van der Waals surface area (Å²) in [6.07, 6.45) is 2.46. The van der Waals surface area contributed by atoms with Gasteiger partial charge in [-0.3, -0.25) is 0 Å². The molecular weight excluding hydrogens is 222 g/mol. The first kappa shape index (κ1) is 13.4. The van der Waals surface area contributed by atoms with Gasteiger partial charge in [0.1, 0.15) is 5.75 Å². The number of hydrogen-bond donors (Lipinski definition) is 1. The van der Waals surface area contributed by atoms with Crippen molar-refractivity contribution in [3.8, 4) is 5.75 Å². The normalized spacial score (nSPS) is 27.1. The fourth-order valence-corrected chi connectivity index (χ4v) is 3.01. The number of benzene rings is 1. The third kappa shape index (κ3) is 2.39. The first-order chi connectivity index (χ1) is 8.61. The van der Waals surface area contributed by atoms with Crippen LogP contribution >= 0.6 is 0 Å². The van der Waals surface area contributed by atoms with Crippen molar-refractivity contribution in [3.63, 3.8) is 0 Å². The molecule has 0 radical (unpaired) electrons. The summed E-state index contributed by atoms with van der Waals surface area (Å²) in [4.78, 5) is 0. The Labute approximate surface area is 111 Å². The molecule has 100 valence electrons. The number of rotatable bonds is 5. The largest absolute Gasteiger partial charge is 0.494 e. The summed E-state index contributed by atoms with van der Waals surface area (Å²) in [7, 11) is 0. The SMILES string of the molecule is CCOc1ccc(C2(CN)CC(C(C)C)C2)cc1. The van der Waals surface area contributed by atoms with E-state index in [1.54, 1.807) is 0 Å². The summed E-state index contributed by atoms with van der Waals surface area (Å²) >= 11 is 0. The van der Waals surface area contributed by atoms with Crippen LogP contribution in [0.15, 0.2) is 24.3 Å². The number of hydrogen-bond acceptors (Lipinski definition) is 2. The molecule has 2 nitrogen and oxygen atoms in total. The van der Waals surface area contributed by atoms with Crippen molar-refractivity contribution in [2.75, 3.05) is 13.2 Å². The van der Waals surface area contributed by atoms with Crippen molar-refractivity contribution >= 4 is 0 Å². The van der Waals surface area contributed by atoms with Gasteiger partial charge in [0.25, 0.3) is 0 Å². The van der Waals surface area contributed by atoms with Crippen molar-refractivity contribution in [2.24, 2.45) is 17.6 Å². The summed E-state index contributed by atoms with van der Waals surface area (Å²) < 4.78 is 5.49. The van der Waals surface area contributed by atoms with E-state index in [1.807, 2.05) is 6.92 Å². The van der Waals surface area contributed by atoms with Crippen LogP contribution in [0.1, 0.15) is 39.2 Å². The van der Waals surface area contributed by atoms with Gasteiger partial charge in [0.05, 0.1) is 6.61 Å². The summed E-state index contributed by atoms with van der Waals surface area (Å²) in [5.74, 6) is 2.56. The van der Waals surface area contributed by atoms with Crippen LogP contribution < -0.4 is 10.5 Å². The minimum atomic E-state index is 0.222. The molecule has 0 saturated heterocycles. The Morgan fingerprint density at radius 2 is 1.89 bits per heavy atom. The van der Waals surface area contributed by atoms with Gasteiger partial charge in [-0.1, -0.05) is 26.0 Å². The van der Waals surface area contributed by atoms with Gasteiger partial charge in [0.2, 0.25) is 0 Å². The molecule has 0 bridgehead atoms. The van der Waals surface area contributed by atoms with E-state index in [2.05, 4.69) is 38.1 Å². The molecule has 2 heteroatoms. The van der Waals surface area contributed by atoms with Crippen LogP contribution in [0.2, 0.25) is 0 Å². The standard InChI is InChI=1S/C16H25NO/c1-4-18-15-7-5-14(6-8-15)16(11-17)9-13(10-16)12(2)3/h5-8,12-13H,4,9-11,17H2,1-3H3. The monoisotopic (exact) mass is 247 g/mol. The number of ether oxygens (including phenoxy) is 1. The molecule has 1 aliphatic carbocycles. The lowest BCUT2D eigenvalue weighted by Gasteiger charge is -2.49. The lowest BCUT2D eigenvalue weighted by atomic mass is 9.56. The van der Waals surface area contributed by atoms with Crippen molar-refractivity contribution in [1.29, 1.82) is 0 Å². The molecule has 1 aliphatic rings. The Hall–Kier alpha value is -1.02. The van der Waals surface area contributed by atoms with Gasteiger partial charge in [-0.25, -0.2) is 0 Å². The predicted octanol–water partition coefficient (Wildman–Crippen LogP) is 3.35.